The van der Waals surface area contributed by atoms with Crippen LogP contribution >= 0.6 is 0 Å². The van der Waals surface area contributed by atoms with Crippen LogP contribution in [0.5, 0.6) is 0 Å². The molecular formula is C8H6N2O2. The normalized spacial score (nSPS) is 8.33. The molecule has 0 heterocycles. The molecule has 4 nitrogen and oxygen atoms in total. The minimum absolute atomic E-state index is 0.0533. The zero-order valence-electron chi connectivity index (χ0n) is 6.15. The second kappa shape index (κ2) is 3.39. The zero-order valence-corrected chi connectivity index (χ0v) is 6.15. The van der Waals surface area contributed by atoms with E-state index in [1.54, 1.807) is 12.1 Å². The third-order valence-electron chi connectivity index (χ3n) is 1.29. The van der Waals surface area contributed by atoms with Gasteiger partial charge in [0.05, 0.1) is 4.92 Å². The first-order valence-corrected chi connectivity index (χ1v) is 3.20. The van der Waals surface area contributed by atoms with Crippen molar-refractivity contribution in [1.82, 2.24) is 0 Å². The number of nitro benzene ring substituents is 1. The number of nitrogens with two attached hydrogens (primary N) is 1. The van der Waals surface area contributed by atoms with Gasteiger partial charge in [0, 0.05) is 23.7 Å². The van der Waals surface area contributed by atoms with Gasteiger partial charge in [-0.05, 0) is 18.1 Å². The summed E-state index contributed by atoms with van der Waals surface area (Å²) in [5.41, 5.74) is 5.69. The van der Waals surface area contributed by atoms with E-state index in [1.165, 1.54) is 12.1 Å². The second-order valence-corrected chi connectivity index (χ2v) is 2.07. The van der Waals surface area contributed by atoms with E-state index in [0.29, 0.717) is 5.56 Å². The Bertz CT molecular complexity index is 346. The number of hydrogen-bond acceptors (Lipinski definition) is 3. The molecule has 0 unspecified atom stereocenters. The zero-order chi connectivity index (χ0) is 8.97. The summed E-state index contributed by atoms with van der Waals surface area (Å²) in [6, 6.07) is 8.10. The minimum atomic E-state index is -0.459. The number of hydrogen-bond donors (Lipinski definition) is 1. The van der Waals surface area contributed by atoms with Crippen molar-refractivity contribution >= 4 is 5.69 Å². The van der Waals surface area contributed by atoms with E-state index < -0.39 is 4.92 Å². The van der Waals surface area contributed by atoms with E-state index in [2.05, 4.69) is 12.0 Å². The van der Waals surface area contributed by atoms with Gasteiger partial charge in [-0.3, -0.25) is 10.1 Å². The summed E-state index contributed by atoms with van der Waals surface area (Å²) >= 11 is 0. The van der Waals surface area contributed by atoms with E-state index >= 15 is 0 Å². The fraction of sp³-hybridized carbons (Fsp3) is 0. The first kappa shape index (κ1) is 8.08. The van der Waals surface area contributed by atoms with Crippen molar-refractivity contribution in [2.45, 2.75) is 0 Å². The lowest BCUT2D eigenvalue weighted by Gasteiger charge is -1.89. The Balaban J connectivity index is 2.98. The third kappa shape index (κ3) is 1.73. The molecule has 0 amide bonds. The molecule has 0 spiro atoms. The molecule has 0 radical (unpaired) electrons. The van der Waals surface area contributed by atoms with Gasteiger partial charge in [-0.1, -0.05) is 0 Å². The molecule has 0 fully saturated rings. The molecule has 0 aliphatic rings. The standard InChI is InChI=1S/C8H6N2O2/c9-6-5-7-1-3-8(4-2-7)10(11)12/h1-4H,9H2. The average molecular weight is 162 g/mol. The van der Waals surface area contributed by atoms with Crippen molar-refractivity contribution in [3.8, 4) is 12.0 Å². The lowest BCUT2D eigenvalue weighted by Crippen LogP contribution is -1.87. The number of nitro groups is 1. The molecule has 0 aliphatic heterocycles. The largest absolute Gasteiger partial charge is 0.359 e. The van der Waals surface area contributed by atoms with Gasteiger partial charge in [0.1, 0.15) is 0 Å². The van der Waals surface area contributed by atoms with Gasteiger partial charge in [-0.15, -0.1) is 0 Å². The molecule has 12 heavy (non-hydrogen) atoms. The smallest absolute Gasteiger partial charge is 0.269 e. The number of non-ortho nitro benzene ring substituents is 1. The minimum Gasteiger partial charge on any atom is -0.359 e. The van der Waals surface area contributed by atoms with Gasteiger partial charge in [0.2, 0.25) is 0 Å². The maximum atomic E-state index is 10.2. The molecule has 0 saturated heterocycles. The van der Waals surface area contributed by atoms with Crippen LogP contribution in [0, 0.1) is 22.1 Å². The van der Waals surface area contributed by atoms with Gasteiger partial charge < -0.3 is 5.73 Å². The summed E-state index contributed by atoms with van der Waals surface area (Å²) in [7, 11) is 0. The topological polar surface area (TPSA) is 69.2 Å². The maximum Gasteiger partial charge on any atom is 0.269 e. The highest BCUT2D eigenvalue weighted by Crippen LogP contribution is 2.10. The molecule has 0 aromatic heterocycles. The summed E-state index contributed by atoms with van der Waals surface area (Å²) in [6.45, 7) is 0. The Kier molecular flexibility index (Phi) is 2.29. The maximum absolute atomic E-state index is 10.2. The van der Waals surface area contributed by atoms with E-state index in [4.69, 9.17) is 5.73 Å². The van der Waals surface area contributed by atoms with Crippen LogP contribution in [-0.4, -0.2) is 4.92 Å². The summed E-state index contributed by atoms with van der Waals surface area (Å²) in [4.78, 5) is 9.76. The molecule has 0 aliphatic carbocycles. The fourth-order valence-corrected chi connectivity index (χ4v) is 0.750. The van der Waals surface area contributed by atoms with Crippen molar-refractivity contribution in [2.24, 2.45) is 5.73 Å². The monoisotopic (exact) mass is 162 g/mol. The SMILES string of the molecule is NC#Cc1ccc([N+](=O)[O-])cc1. The third-order valence-corrected chi connectivity index (χ3v) is 1.29. The van der Waals surface area contributed by atoms with E-state index in [0.717, 1.165) is 0 Å². The van der Waals surface area contributed by atoms with Crippen LogP contribution in [0.15, 0.2) is 24.3 Å². The fourth-order valence-electron chi connectivity index (χ4n) is 0.750. The van der Waals surface area contributed by atoms with Crippen LogP contribution in [0.2, 0.25) is 0 Å². The lowest BCUT2D eigenvalue weighted by atomic mass is 10.2. The number of nitrogens with zero attached hydrogens (tertiary/aromatic N) is 1. The Hall–Kier alpha value is -2.02. The van der Waals surface area contributed by atoms with Crippen LogP contribution < -0.4 is 5.73 Å². The van der Waals surface area contributed by atoms with Crippen LogP contribution in [0.4, 0.5) is 5.69 Å². The first-order chi connectivity index (χ1) is 5.74. The molecule has 60 valence electrons. The predicted molar refractivity (Wildman–Crippen MR) is 44.2 cm³/mol. The molecule has 0 saturated carbocycles. The predicted octanol–water partition coefficient (Wildman–Crippen LogP) is 0.863. The number of benzene rings is 1. The van der Waals surface area contributed by atoms with Crippen LogP contribution in [-0.2, 0) is 0 Å². The molecular weight excluding hydrogens is 156 g/mol. The molecule has 4 heteroatoms. The van der Waals surface area contributed by atoms with E-state index in [9.17, 15) is 10.1 Å². The van der Waals surface area contributed by atoms with Gasteiger partial charge in [0.25, 0.3) is 5.69 Å². The first-order valence-electron chi connectivity index (χ1n) is 3.20. The molecule has 1 rings (SSSR count). The van der Waals surface area contributed by atoms with Crippen molar-refractivity contribution in [2.75, 3.05) is 0 Å². The summed E-state index contributed by atoms with van der Waals surface area (Å²) in [5, 5.41) is 10.2. The highest BCUT2D eigenvalue weighted by atomic mass is 16.6. The van der Waals surface area contributed by atoms with Crippen molar-refractivity contribution in [1.29, 1.82) is 0 Å². The summed E-state index contributed by atoms with van der Waals surface area (Å²) in [6.07, 6.45) is 0. The van der Waals surface area contributed by atoms with Gasteiger partial charge in [0.15, 0.2) is 0 Å². The van der Waals surface area contributed by atoms with Crippen molar-refractivity contribution < 1.29 is 4.92 Å². The Morgan fingerprint density at radius 3 is 2.33 bits per heavy atom. The molecule has 1 aromatic carbocycles. The van der Waals surface area contributed by atoms with E-state index in [-0.39, 0.29) is 5.69 Å². The molecule has 2 N–H and O–H groups in total. The molecule has 0 bridgehead atoms. The van der Waals surface area contributed by atoms with Crippen LogP contribution in [0.3, 0.4) is 0 Å². The Labute approximate surface area is 69.2 Å². The van der Waals surface area contributed by atoms with Crippen molar-refractivity contribution in [3.05, 3.63) is 39.9 Å². The summed E-state index contributed by atoms with van der Waals surface area (Å²) in [5.74, 6) is 2.58. The number of rotatable bonds is 1. The molecule has 0 atom stereocenters. The highest BCUT2D eigenvalue weighted by molar-refractivity contribution is 5.40. The second-order valence-electron chi connectivity index (χ2n) is 2.07. The Morgan fingerprint density at radius 2 is 1.92 bits per heavy atom. The highest BCUT2D eigenvalue weighted by Gasteiger charge is 2.01. The van der Waals surface area contributed by atoms with Gasteiger partial charge >= 0.3 is 0 Å². The van der Waals surface area contributed by atoms with Crippen molar-refractivity contribution in [3.63, 3.8) is 0 Å². The van der Waals surface area contributed by atoms with Gasteiger partial charge in [-0.25, -0.2) is 0 Å². The van der Waals surface area contributed by atoms with Gasteiger partial charge in [-0.2, -0.15) is 0 Å². The van der Waals surface area contributed by atoms with Crippen LogP contribution in [0.25, 0.3) is 0 Å². The lowest BCUT2D eigenvalue weighted by molar-refractivity contribution is -0.384. The Morgan fingerprint density at radius 1 is 1.33 bits per heavy atom. The molecule has 1 aromatic rings. The van der Waals surface area contributed by atoms with Crippen LogP contribution in [0.1, 0.15) is 5.56 Å². The average Bonchev–Trinajstić information content (AvgIpc) is 2.06. The van der Waals surface area contributed by atoms with E-state index in [1.807, 2.05) is 0 Å². The summed E-state index contributed by atoms with van der Waals surface area (Å²) < 4.78 is 0. The quantitative estimate of drug-likeness (QED) is 0.288.